The molecule has 0 unspecified atom stereocenters. The minimum atomic E-state index is 0.113. The van der Waals surface area contributed by atoms with Gasteiger partial charge in [0.15, 0.2) is 0 Å². The summed E-state index contributed by atoms with van der Waals surface area (Å²) >= 11 is 0. The highest BCUT2D eigenvalue weighted by Crippen LogP contribution is 2.31. The SMILES string of the molecule is Cc1cn(CC(=O)N2CCC[C@@H]2c2ccccn2)c2ccccc12. The normalized spacial score (nSPS) is 17.5. The predicted octanol–water partition coefficient (Wildman–Crippen LogP) is 3.71. The van der Waals surface area contributed by atoms with Crippen molar-refractivity contribution < 1.29 is 4.79 Å². The molecule has 4 heteroatoms. The van der Waals surface area contributed by atoms with Crippen molar-refractivity contribution in [1.29, 1.82) is 0 Å². The van der Waals surface area contributed by atoms with E-state index in [0.717, 1.165) is 30.6 Å². The first-order valence-electron chi connectivity index (χ1n) is 8.49. The zero-order valence-corrected chi connectivity index (χ0v) is 13.9. The van der Waals surface area contributed by atoms with Gasteiger partial charge in [-0.15, -0.1) is 0 Å². The number of carbonyl (C=O) groups is 1. The van der Waals surface area contributed by atoms with Gasteiger partial charge in [-0.1, -0.05) is 24.3 Å². The fourth-order valence-corrected chi connectivity index (χ4v) is 3.74. The molecule has 0 spiro atoms. The minimum absolute atomic E-state index is 0.113. The molecule has 122 valence electrons. The summed E-state index contributed by atoms with van der Waals surface area (Å²) in [6.45, 7) is 3.30. The fraction of sp³-hybridized carbons (Fsp3) is 0.300. The largest absolute Gasteiger partial charge is 0.338 e. The number of aromatic nitrogens is 2. The van der Waals surface area contributed by atoms with Gasteiger partial charge < -0.3 is 9.47 Å². The van der Waals surface area contributed by atoms with Crippen molar-refractivity contribution >= 4 is 16.8 Å². The van der Waals surface area contributed by atoms with Crippen LogP contribution in [0.2, 0.25) is 0 Å². The Morgan fingerprint density at radius 3 is 2.88 bits per heavy atom. The maximum atomic E-state index is 12.9. The molecule has 24 heavy (non-hydrogen) atoms. The number of amides is 1. The van der Waals surface area contributed by atoms with E-state index >= 15 is 0 Å². The van der Waals surface area contributed by atoms with Gasteiger partial charge in [-0.3, -0.25) is 9.78 Å². The number of hydrogen-bond acceptors (Lipinski definition) is 2. The summed E-state index contributed by atoms with van der Waals surface area (Å²) < 4.78 is 2.07. The molecule has 0 radical (unpaired) electrons. The molecule has 0 bridgehead atoms. The van der Waals surface area contributed by atoms with E-state index in [-0.39, 0.29) is 11.9 Å². The molecule has 4 rings (SSSR count). The first kappa shape index (κ1) is 14.9. The molecule has 0 aliphatic carbocycles. The Hall–Kier alpha value is -2.62. The number of nitrogens with zero attached hydrogens (tertiary/aromatic N) is 3. The van der Waals surface area contributed by atoms with E-state index in [1.165, 1.54) is 10.9 Å². The Morgan fingerprint density at radius 1 is 1.21 bits per heavy atom. The fourth-order valence-electron chi connectivity index (χ4n) is 3.74. The number of carbonyl (C=O) groups excluding carboxylic acids is 1. The van der Waals surface area contributed by atoms with E-state index in [1.54, 1.807) is 6.20 Å². The number of para-hydroxylation sites is 1. The number of benzene rings is 1. The van der Waals surface area contributed by atoms with Crippen molar-refractivity contribution in [3.05, 3.63) is 66.1 Å². The van der Waals surface area contributed by atoms with Gasteiger partial charge in [0.2, 0.25) is 5.91 Å². The second kappa shape index (κ2) is 6.11. The highest BCUT2D eigenvalue weighted by atomic mass is 16.2. The van der Waals surface area contributed by atoms with Crippen LogP contribution < -0.4 is 0 Å². The van der Waals surface area contributed by atoms with Crippen molar-refractivity contribution in [3.8, 4) is 0 Å². The van der Waals surface area contributed by atoms with Gasteiger partial charge >= 0.3 is 0 Å². The van der Waals surface area contributed by atoms with Gasteiger partial charge in [0, 0.05) is 29.8 Å². The van der Waals surface area contributed by atoms with E-state index in [4.69, 9.17) is 0 Å². The number of pyridine rings is 1. The third kappa shape index (κ3) is 2.58. The van der Waals surface area contributed by atoms with E-state index < -0.39 is 0 Å². The van der Waals surface area contributed by atoms with Crippen molar-refractivity contribution in [1.82, 2.24) is 14.5 Å². The van der Waals surface area contributed by atoms with E-state index in [0.29, 0.717) is 6.54 Å². The average molecular weight is 319 g/mol. The summed E-state index contributed by atoms with van der Waals surface area (Å²) in [6, 6.07) is 14.3. The van der Waals surface area contributed by atoms with Crippen LogP contribution in [0.1, 0.15) is 30.1 Å². The minimum Gasteiger partial charge on any atom is -0.338 e. The molecule has 3 heterocycles. The topological polar surface area (TPSA) is 38.1 Å². The maximum Gasteiger partial charge on any atom is 0.243 e. The van der Waals surface area contributed by atoms with Gasteiger partial charge in [0.1, 0.15) is 6.54 Å². The molecule has 1 saturated heterocycles. The van der Waals surface area contributed by atoms with Crippen LogP contribution in [0.15, 0.2) is 54.9 Å². The quantitative estimate of drug-likeness (QED) is 0.738. The summed E-state index contributed by atoms with van der Waals surface area (Å²) in [6.07, 6.45) is 5.92. The van der Waals surface area contributed by atoms with Crippen molar-refractivity contribution in [2.24, 2.45) is 0 Å². The summed E-state index contributed by atoms with van der Waals surface area (Å²) in [4.78, 5) is 19.4. The molecule has 2 aromatic heterocycles. The zero-order chi connectivity index (χ0) is 16.5. The molecular formula is C20H21N3O. The van der Waals surface area contributed by atoms with E-state index in [2.05, 4.69) is 34.8 Å². The number of hydrogen-bond donors (Lipinski definition) is 0. The van der Waals surface area contributed by atoms with Crippen LogP contribution in [0, 0.1) is 6.92 Å². The standard InChI is InChI=1S/C20H21N3O/c1-15-13-22(18-9-3-2-7-16(15)18)14-20(24)23-12-6-10-19(23)17-8-4-5-11-21-17/h2-5,7-9,11,13,19H,6,10,12,14H2,1H3/t19-/m1/s1. The van der Waals surface area contributed by atoms with Crippen LogP contribution >= 0.6 is 0 Å². The lowest BCUT2D eigenvalue weighted by Crippen LogP contribution is -2.33. The van der Waals surface area contributed by atoms with Crippen molar-refractivity contribution in [2.45, 2.75) is 32.4 Å². The van der Waals surface area contributed by atoms with Gasteiger partial charge in [-0.05, 0) is 43.5 Å². The lowest BCUT2D eigenvalue weighted by Gasteiger charge is -2.24. The van der Waals surface area contributed by atoms with Crippen LogP contribution in [0.5, 0.6) is 0 Å². The van der Waals surface area contributed by atoms with Gasteiger partial charge in [0.25, 0.3) is 0 Å². The van der Waals surface area contributed by atoms with Crippen LogP contribution in [0.25, 0.3) is 10.9 Å². The Balaban J connectivity index is 1.59. The molecular weight excluding hydrogens is 298 g/mol. The van der Waals surface area contributed by atoms with Gasteiger partial charge in [0.05, 0.1) is 11.7 Å². The van der Waals surface area contributed by atoms with Crippen molar-refractivity contribution in [2.75, 3.05) is 6.54 Å². The zero-order valence-electron chi connectivity index (χ0n) is 13.9. The predicted molar refractivity (Wildman–Crippen MR) is 94.6 cm³/mol. The summed E-state index contributed by atoms with van der Waals surface area (Å²) in [5.74, 6) is 0.170. The van der Waals surface area contributed by atoms with Crippen molar-refractivity contribution in [3.63, 3.8) is 0 Å². The average Bonchev–Trinajstić information content (AvgIpc) is 3.22. The Labute approximate surface area is 141 Å². The molecule has 4 nitrogen and oxygen atoms in total. The summed E-state index contributed by atoms with van der Waals surface area (Å²) in [5, 5.41) is 1.22. The third-order valence-corrected chi connectivity index (χ3v) is 4.90. The van der Waals surface area contributed by atoms with Gasteiger partial charge in [-0.25, -0.2) is 0 Å². The lowest BCUT2D eigenvalue weighted by molar-refractivity contribution is -0.132. The van der Waals surface area contributed by atoms with E-state index in [9.17, 15) is 4.79 Å². The number of fused-ring (bicyclic) bond motifs is 1. The molecule has 1 atom stereocenters. The molecule has 1 fully saturated rings. The van der Waals surface area contributed by atoms with E-state index in [1.807, 2.05) is 35.2 Å². The molecule has 1 aromatic carbocycles. The van der Waals surface area contributed by atoms with Crippen LogP contribution in [-0.2, 0) is 11.3 Å². The molecule has 1 amide bonds. The summed E-state index contributed by atoms with van der Waals surface area (Å²) in [7, 11) is 0. The molecule has 0 saturated carbocycles. The third-order valence-electron chi connectivity index (χ3n) is 4.90. The maximum absolute atomic E-state index is 12.9. The molecule has 1 aliphatic rings. The second-order valence-electron chi connectivity index (χ2n) is 6.46. The first-order chi connectivity index (χ1) is 11.7. The number of aryl methyl sites for hydroxylation is 1. The summed E-state index contributed by atoms with van der Waals surface area (Å²) in [5.41, 5.74) is 3.33. The Morgan fingerprint density at radius 2 is 2.04 bits per heavy atom. The number of likely N-dealkylation sites (tertiary alicyclic amines) is 1. The molecule has 0 N–H and O–H groups in total. The Bertz CT molecular complexity index is 869. The van der Waals surface area contributed by atoms with Crippen LogP contribution in [-0.4, -0.2) is 26.9 Å². The Kier molecular flexibility index (Phi) is 3.81. The monoisotopic (exact) mass is 319 g/mol. The number of rotatable bonds is 3. The van der Waals surface area contributed by atoms with Crippen LogP contribution in [0.3, 0.4) is 0 Å². The highest BCUT2D eigenvalue weighted by Gasteiger charge is 2.30. The first-order valence-corrected chi connectivity index (χ1v) is 8.49. The smallest absolute Gasteiger partial charge is 0.243 e. The lowest BCUT2D eigenvalue weighted by atomic mass is 10.1. The highest BCUT2D eigenvalue weighted by molar-refractivity contribution is 5.86. The van der Waals surface area contributed by atoms with Gasteiger partial charge in [-0.2, -0.15) is 0 Å². The molecule has 1 aliphatic heterocycles. The van der Waals surface area contributed by atoms with Crippen LogP contribution in [0.4, 0.5) is 0 Å². The molecule has 3 aromatic rings. The second-order valence-corrected chi connectivity index (χ2v) is 6.46.